The van der Waals surface area contributed by atoms with Crippen LogP contribution in [-0.4, -0.2) is 25.0 Å². The molecule has 3 aromatic rings. The summed E-state index contributed by atoms with van der Waals surface area (Å²) >= 11 is 0. The van der Waals surface area contributed by atoms with Gasteiger partial charge in [0, 0.05) is 11.3 Å². The Morgan fingerprint density at radius 3 is 2.53 bits per heavy atom. The van der Waals surface area contributed by atoms with Gasteiger partial charge in [0.25, 0.3) is 5.91 Å². The smallest absolute Gasteiger partial charge is 0.328 e. The molecule has 1 unspecified atom stereocenters. The minimum absolute atomic E-state index is 0.292. The Labute approximate surface area is 189 Å². The Balaban J connectivity index is 1.66. The van der Waals surface area contributed by atoms with Crippen LogP contribution in [-0.2, 0) is 9.53 Å². The highest BCUT2D eigenvalue weighted by atomic mass is 16.5. The number of methoxy groups -OCH3 is 1. The van der Waals surface area contributed by atoms with E-state index in [1.54, 1.807) is 12.1 Å². The van der Waals surface area contributed by atoms with Crippen LogP contribution in [0.25, 0.3) is 21.9 Å². The maximum absolute atomic E-state index is 13.4. The number of ether oxygens (including phenoxy) is 1. The van der Waals surface area contributed by atoms with E-state index in [0.29, 0.717) is 23.6 Å². The van der Waals surface area contributed by atoms with Crippen LogP contribution in [0.5, 0.6) is 0 Å². The molecule has 0 bridgehead atoms. The second kappa shape index (κ2) is 9.86. The zero-order valence-corrected chi connectivity index (χ0v) is 18.5. The van der Waals surface area contributed by atoms with E-state index in [-0.39, 0.29) is 5.91 Å². The average molecular weight is 431 g/mol. The number of esters is 1. The molecular weight excluding hydrogens is 400 g/mol. The second-order valence-electron chi connectivity index (χ2n) is 8.62. The molecule has 0 radical (unpaired) electrons. The number of hydrogen-bond acceptors (Lipinski definition) is 4. The highest BCUT2D eigenvalue weighted by Crippen LogP contribution is 2.33. The molecule has 32 heavy (non-hydrogen) atoms. The Hall–Kier alpha value is -3.34. The van der Waals surface area contributed by atoms with Gasteiger partial charge >= 0.3 is 5.97 Å². The molecule has 1 saturated carbocycles. The molecule has 1 amide bonds. The van der Waals surface area contributed by atoms with Crippen LogP contribution >= 0.6 is 0 Å². The number of anilines is 1. The summed E-state index contributed by atoms with van der Waals surface area (Å²) < 4.78 is 5.01. The number of benzene rings is 3. The van der Waals surface area contributed by atoms with E-state index >= 15 is 0 Å². The molecule has 166 valence electrons. The Morgan fingerprint density at radius 2 is 1.75 bits per heavy atom. The highest BCUT2D eigenvalue weighted by molar-refractivity contribution is 6.07. The quantitative estimate of drug-likeness (QED) is 0.409. The lowest BCUT2D eigenvalue weighted by Crippen LogP contribution is -2.43. The number of carbonyl (C=O) groups excluding carboxylic acids is 2. The summed E-state index contributed by atoms with van der Waals surface area (Å²) in [6.45, 7) is 0. The summed E-state index contributed by atoms with van der Waals surface area (Å²) in [6, 6.07) is 18.7. The molecule has 1 aliphatic rings. The predicted molar refractivity (Wildman–Crippen MR) is 128 cm³/mol. The van der Waals surface area contributed by atoms with Crippen LogP contribution in [0.2, 0.25) is 0 Å². The number of nitrogens with one attached hydrogen (secondary N) is 1. The maximum Gasteiger partial charge on any atom is 0.328 e. The predicted octanol–water partition coefficient (Wildman–Crippen LogP) is 5.33. The van der Waals surface area contributed by atoms with E-state index in [0.717, 1.165) is 34.7 Å². The molecule has 1 aliphatic carbocycles. The molecule has 0 aromatic heterocycles. The van der Waals surface area contributed by atoms with Gasteiger partial charge in [0.15, 0.2) is 0 Å². The van der Waals surface area contributed by atoms with E-state index in [4.69, 9.17) is 10.5 Å². The first kappa shape index (κ1) is 21.9. The maximum atomic E-state index is 13.4. The van der Waals surface area contributed by atoms with E-state index in [9.17, 15) is 9.59 Å². The van der Waals surface area contributed by atoms with Gasteiger partial charge in [0.2, 0.25) is 0 Å². The van der Waals surface area contributed by atoms with Crippen molar-refractivity contribution in [3.63, 3.8) is 0 Å². The first-order valence-corrected chi connectivity index (χ1v) is 11.3. The van der Waals surface area contributed by atoms with Crippen molar-refractivity contribution in [1.82, 2.24) is 5.32 Å². The number of fused-ring (bicyclic) bond motifs is 1. The standard InChI is InChI=1S/C27H30N2O3/c1-32-27(31)25(16-18-8-3-2-4-9-18)29-26(30)23-15-14-20(28)17-24(23)22-13-7-11-19-10-5-6-12-21(19)22/h5-7,10-15,17-18,25H,2-4,8-9,16,28H2,1H3,(H,29,30). The Kier molecular flexibility index (Phi) is 6.74. The van der Waals surface area contributed by atoms with E-state index in [1.807, 2.05) is 48.5 Å². The fourth-order valence-corrected chi connectivity index (χ4v) is 4.79. The fraction of sp³-hybridized carbons (Fsp3) is 0.333. The van der Waals surface area contributed by atoms with Crippen molar-refractivity contribution in [2.75, 3.05) is 12.8 Å². The number of nitrogens with two attached hydrogens (primary N) is 1. The van der Waals surface area contributed by atoms with Crippen molar-refractivity contribution in [3.05, 3.63) is 66.2 Å². The number of amides is 1. The molecule has 0 saturated heterocycles. The summed E-state index contributed by atoms with van der Waals surface area (Å²) in [5, 5.41) is 5.08. The number of hydrogen-bond donors (Lipinski definition) is 2. The summed E-state index contributed by atoms with van der Waals surface area (Å²) in [6.07, 6.45) is 6.38. The van der Waals surface area contributed by atoms with Crippen LogP contribution in [0.15, 0.2) is 60.7 Å². The van der Waals surface area contributed by atoms with E-state index in [2.05, 4.69) is 5.32 Å². The second-order valence-corrected chi connectivity index (χ2v) is 8.62. The lowest BCUT2D eigenvalue weighted by molar-refractivity contribution is -0.143. The van der Waals surface area contributed by atoms with Gasteiger partial charge < -0.3 is 15.8 Å². The minimum atomic E-state index is -0.659. The van der Waals surface area contributed by atoms with Crippen molar-refractivity contribution in [2.24, 2.45) is 5.92 Å². The Bertz CT molecular complexity index is 1110. The van der Waals surface area contributed by atoms with Crippen LogP contribution in [0.4, 0.5) is 5.69 Å². The topological polar surface area (TPSA) is 81.4 Å². The summed E-state index contributed by atoms with van der Waals surface area (Å²) in [7, 11) is 1.37. The first-order valence-electron chi connectivity index (χ1n) is 11.3. The van der Waals surface area contributed by atoms with Gasteiger partial charge in [0.1, 0.15) is 6.04 Å². The van der Waals surface area contributed by atoms with Crippen LogP contribution < -0.4 is 11.1 Å². The normalized spacial score (nSPS) is 15.3. The molecule has 4 rings (SSSR count). The van der Waals surface area contributed by atoms with Gasteiger partial charge in [0.05, 0.1) is 7.11 Å². The molecule has 3 aromatic carbocycles. The largest absolute Gasteiger partial charge is 0.467 e. The van der Waals surface area contributed by atoms with E-state index in [1.165, 1.54) is 26.4 Å². The average Bonchev–Trinajstić information content (AvgIpc) is 2.83. The van der Waals surface area contributed by atoms with Crippen molar-refractivity contribution in [1.29, 1.82) is 0 Å². The van der Waals surface area contributed by atoms with Gasteiger partial charge in [-0.2, -0.15) is 0 Å². The highest BCUT2D eigenvalue weighted by Gasteiger charge is 2.28. The third kappa shape index (κ3) is 4.77. The van der Waals surface area contributed by atoms with Crippen LogP contribution in [0.3, 0.4) is 0 Å². The zero-order chi connectivity index (χ0) is 22.5. The molecule has 0 spiro atoms. The molecule has 1 fully saturated rings. The van der Waals surface area contributed by atoms with Gasteiger partial charge in [-0.15, -0.1) is 0 Å². The minimum Gasteiger partial charge on any atom is -0.467 e. The van der Waals surface area contributed by atoms with Crippen molar-refractivity contribution in [3.8, 4) is 11.1 Å². The molecule has 5 nitrogen and oxygen atoms in total. The van der Waals surface area contributed by atoms with Gasteiger partial charge in [-0.25, -0.2) is 4.79 Å². The molecule has 3 N–H and O–H groups in total. The number of rotatable bonds is 6. The lowest BCUT2D eigenvalue weighted by Gasteiger charge is -2.26. The van der Waals surface area contributed by atoms with E-state index < -0.39 is 12.0 Å². The summed E-state index contributed by atoms with van der Waals surface area (Å²) in [4.78, 5) is 25.9. The first-order chi connectivity index (χ1) is 15.6. The monoisotopic (exact) mass is 430 g/mol. The van der Waals surface area contributed by atoms with Gasteiger partial charge in [-0.1, -0.05) is 74.6 Å². The number of carbonyl (C=O) groups is 2. The molecule has 1 atom stereocenters. The van der Waals surface area contributed by atoms with Crippen LogP contribution in [0, 0.1) is 5.92 Å². The van der Waals surface area contributed by atoms with Crippen LogP contribution in [0.1, 0.15) is 48.9 Å². The van der Waals surface area contributed by atoms with Crippen molar-refractivity contribution >= 4 is 28.3 Å². The Morgan fingerprint density at radius 1 is 1.00 bits per heavy atom. The third-order valence-corrected chi connectivity index (χ3v) is 6.45. The zero-order valence-electron chi connectivity index (χ0n) is 18.5. The fourth-order valence-electron chi connectivity index (χ4n) is 4.79. The summed E-state index contributed by atoms with van der Waals surface area (Å²) in [5.74, 6) is -0.262. The lowest BCUT2D eigenvalue weighted by atomic mass is 9.84. The van der Waals surface area contributed by atoms with Gasteiger partial charge in [-0.3, -0.25) is 4.79 Å². The number of nitrogen functional groups attached to an aromatic ring is 1. The van der Waals surface area contributed by atoms with Crippen molar-refractivity contribution in [2.45, 2.75) is 44.6 Å². The molecule has 0 heterocycles. The summed E-state index contributed by atoms with van der Waals surface area (Å²) in [5.41, 5.74) is 8.85. The van der Waals surface area contributed by atoms with Crippen molar-refractivity contribution < 1.29 is 14.3 Å². The SMILES string of the molecule is COC(=O)C(CC1CCCCC1)NC(=O)c1ccc(N)cc1-c1cccc2ccccc12. The third-order valence-electron chi connectivity index (χ3n) is 6.45. The molecule has 0 aliphatic heterocycles. The molecule has 5 heteroatoms. The molecular formula is C27H30N2O3. The van der Waals surface area contributed by atoms with Gasteiger partial charge in [-0.05, 0) is 52.4 Å².